The summed E-state index contributed by atoms with van der Waals surface area (Å²) in [6.07, 6.45) is 2.91. The maximum Gasteiger partial charge on any atom is 0.267 e. The zero-order chi connectivity index (χ0) is 30.5. The molecule has 2 aromatic carbocycles. The zero-order valence-corrected chi connectivity index (χ0v) is 27.7. The molecule has 1 aliphatic carbocycles. The normalized spacial score (nSPS) is 15.9. The molecule has 4 aromatic rings. The van der Waals surface area contributed by atoms with Gasteiger partial charge in [-0.2, -0.15) is 0 Å². The Morgan fingerprint density at radius 2 is 1.81 bits per heavy atom. The molecule has 0 saturated heterocycles. The van der Waals surface area contributed by atoms with E-state index in [0.717, 1.165) is 68.7 Å². The van der Waals surface area contributed by atoms with Crippen molar-refractivity contribution in [1.29, 1.82) is 0 Å². The van der Waals surface area contributed by atoms with Crippen LogP contribution in [-0.4, -0.2) is 27.8 Å². The first-order valence-electron chi connectivity index (χ1n) is 14.6. The summed E-state index contributed by atoms with van der Waals surface area (Å²) in [6.45, 7) is 16.8. The topological polar surface area (TPSA) is 73.2 Å². The number of thiophene rings is 1. The quantitative estimate of drug-likeness (QED) is 0.179. The fourth-order valence-electron chi connectivity index (χ4n) is 6.01. The number of rotatable bonds is 6. The Balaban J connectivity index is 1.60. The first-order valence-corrected chi connectivity index (χ1v) is 16.3. The van der Waals surface area contributed by atoms with E-state index in [1.165, 1.54) is 16.6 Å². The van der Waals surface area contributed by atoms with E-state index in [1.807, 2.05) is 45.9 Å². The van der Waals surface area contributed by atoms with Crippen molar-refractivity contribution in [1.82, 2.24) is 9.55 Å². The van der Waals surface area contributed by atoms with Gasteiger partial charge in [0.25, 0.3) is 5.56 Å². The number of thioether (sulfide) groups is 1. The number of ether oxygens (including phenoxy) is 1. The van der Waals surface area contributed by atoms with Gasteiger partial charge in [-0.25, -0.2) is 4.98 Å². The van der Waals surface area contributed by atoms with Crippen LogP contribution in [0.1, 0.15) is 66.8 Å². The number of methoxy groups -OCH3 is 1. The molecule has 42 heavy (non-hydrogen) atoms. The summed E-state index contributed by atoms with van der Waals surface area (Å²) in [6, 6.07) is 9.87. The van der Waals surface area contributed by atoms with Crippen LogP contribution >= 0.6 is 23.1 Å². The molecule has 0 spiro atoms. The highest BCUT2D eigenvalue weighted by molar-refractivity contribution is 8.00. The van der Waals surface area contributed by atoms with Crippen molar-refractivity contribution in [3.8, 4) is 11.4 Å². The first kappa shape index (κ1) is 30.4. The Hall–Kier alpha value is -3.10. The molecule has 2 unspecified atom stereocenters. The fourth-order valence-corrected chi connectivity index (χ4v) is 8.27. The maximum atomic E-state index is 14.5. The first-order chi connectivity index (χ1) is 19.8. The van der Waals surface area contributed by atoms with E-state index < -0.39 is 5.25 Å². The Morgan fingerprint density at radius 1 is 1.12 bits per heavy atom. The third kappa shape index (κ3) is 5.76. The van der Waals surface area contributed by atoms with Crippen LogP contribution in [0.5, 0.6) is 5.75 Å². The monoisotopic (exact) mass is 603 g/mol. The highest BCUT2D eigenvalue weighted by atomic mass is 32.2. The molecule has 222 valence electrons. The molecule has 2 atom stereocenters. The van der Waals surface area contributed by atoms with Gasteiger partial charge >= 0.3 is 0 Å². The fraction of sp³-hybridized carbons (Fsp3) is 0.441. The van der Waals surface area contributed by atoms with Gasteiger partial charge < -0.3 is 10.1 Å². The zero-order valence-electron chi connectivity index (χ0n) is 26.1. The standard InChI is InChI=1S/C34H41N3O3S2/c1-18-14-20(3)29(21(4)15-18)35-30(38)22(5)41-33-36-31-28(25-13-11-23(34(6,7)8)16-27(25)42-31)32(39)37(33)26-17-24(40-9)12-10-19(26)2/h10,12,14-15,17,22-23H,11,13,16H2,1-9H3,(H,35,38). The minimum Gasteiger partial charge on any atom is -0.497 e. The molecule has 6 nitrogen and oxygen atoms in total. The van der Waals surface area contributed by atoms with E-state index in [-0.39, 0.29) is 16.9 Å². The van der Waals surface area contributed by atoms with Crippen molar-refractivity contribution >= 4 is 44.9 Å². The van der Waals surface area contributed by atoms with E-state index >= 15 is 0 Å². The number of hydrogen-bond acceptors (Lipinski definition) is 6. The molecular formula is C34H41N3O3S2. The van der Waals surface area contributed by atoms with Crippen LogP contribution in [0.4, 0.5) is 5.69 Å². The lowest BCUT2D eigenvalue weighted by atomic mass is 9.72. The van der Waals surface area contributed by atoms with Crippen molar-refractivity contribution in [3.63, 3.8) is 0 Å². The molecule has 0 saturated carbocycles. The number of benzene rings is 2. The summed E-state index contributed by atoms with van der Waals surface area (Å²) in [5.41, 5.74) is 6.97. The number of aromatic nitrogens is 2. The van der Waals surface area contributed by atoms with Crippen LogP contribution in [0.25, 0.3) is 15.9 Å². The summed E-state index contributed by atoms with van der Waals surface area (Å²) in [5, 5.41) is 3.87. The van der Waals surface area contributed by atoms with E-state index in [1.54, 1.807) is 23.0 Å². The van der Waals surface area contributed by atoms with Crippen molar-refractivity contribution in [2.45, 2.75) is 85.1 Å². The third-order valence-corrected chi connectivity index (χ3v) is 10.7. The smallest absolute Gasteiger partial charge is 0.267 e. The van der Waals surface area contributed by atoms with E-state index in [2.05, 4.69) is 45.1 Å². The summed E-state index contributed by atoms with van der Waals surface area (Å²) in [7, 11) is 1.62. The molecule has 0 radical (unpaired) electrons. The van der Waals surface area contributed by atoms with Gasteiger partial charge in [0.2, 0.25) is 5.91 Å². The van der Waals surface area contributed by atoms with Gasteiger partial charge in [0.1, 0.15) is 10.6 Å². The third-order valence-electron chi connectivity index (χ3n) is 8.51. The molecular weight excluding hydrogens is 563 g/mol. The summed E-state index contributed by atoms with van der Waals surface area (Å²) >= 11 is 2.96. The second-order valence-corrected chi connectivity index (χ2v) is 15.1. The molecule has 2 aromatic heterocycles. The van der Waals surface area contributed by atoms with Gasteiger partial charge in [-0.15, -0.1) is 11.3 Å². The van der Waals surface area contributed by atoms with Crippen LogP contribution < -0.4 is 15.6 Å². The molecule has 8 heteroatoms. The molecule has 0 bridgehead atoms. The molecule has 0 aliphatic heterocycles. The van der Waals surface area contributed by atoms with E-state index in [9.17, 15) is 9.59 Å². The van der Waals surface area contributed by atoms with Crippen LogP contribution in [0.2, 0.25) is 0 Å². The summed E-state index contributed by atoms with van der Waals surface area (Å²) in [4.78, 5) is 35.1. The van der Waals surface area contributed by atoms with Gasteiger partial charge in [-0.1, -0.05) is 56.3 Å². The van der Waals surface area contributed by atoms with Crippen LogP contribution in [0, 0.1) is 39.0 Å². The van der Waals surface area contributed by atoms with Crippen molar-refractivity contribution in [2.24, 2.45) is 11.3 Å². The summed E-state index contributed by atoms with van der Waals surface area (Å²) < 4.78 is 7.22. The second kappa shape index (κ2) is 11.5. The minimum absolute atomic E-state index is 0.0802. The SMILES string of the molecule is COc1ccc(C)c(-n2c(SC(C)C(=O)Nc3c(C)cc(C)cc3C)nc3sc4c(c3c2=O)CCC(C(C)(C)C)C4)c1. The number of nitrogens with one attached hydrogen (secondary N) is 1. The number of carbonyl (C=O) groups excluding carboxylic acids is 1. The van der Waals surface area contributed by atoms with E-state index in [4.69, 9.17) is 9.72 Å². The number of nitrogens with zero attached hydrogens (tertiary/aromatic N) is 2. The lowest BCUT2D eigenvalue weighted by molar-refractivity contribution is -0.115. The van der Waals surface area contributed by atoms with Gasteiger partial charge in [-0.3, -0.25) is 14.2 Å². The Bertz CT molecular complexity index is 1720. The number of fused-ring (bicyclic) bond motifs is 3. The molecule has 1 amide bonds. The van der Waals surface area contributed by atoms with Crippen LogP contribution in [0.15, 0.2) is 40.3 Å². The number of aryl methyl sites for hydroxylation is 5. The number of anilines is 1. The highest BCUT2D eigenvalue weighted by Gasteiger charge is 2.33. The maximum absolute atomic E-state index is 14.5. The van der Waals surface area contributed by atoms with Gasteiger partial charge in [0, 0.05) is 16.6 Å². The van der Waals surface area contributed by atoms with Crippen molar-refractivity contribution in [3.05, 3.63) is 73.4 Å². The molecule has 1 aliphatic rings. The molecule has 2 heterocycles. The number of carbonyl (C=O) groups is 1. The van der Waals surface area contributed by atoms with Crippen molar-refractivity contribution < 1.29 is 9.53 Å². The average molecular weight is 604 g/mol. The Kier molecular flexibility index (Phi) is 8.33. The minimum atomic E-state index is -0.494. The molecule has 1 N–H and O–H groups in total. The predicted molar refractivity (Wildman–Crippen MR) is 176 cm³/mol. The van der Waals surface area contributed by atoms with Gasteiger partial charge in [0.05, 0.1) is 23.4 Å². The number of hydrogen-bond donors (Lipinski definition) is 1. The second-order valence-electron chi connectivity index (χ2n) is 12.7. The molecule has 0 fully saturated rings. The lowest BCUT2D eigenvalue weighted by Gasteiger charge is -2.33. The van der Waals surface area contributed by atoms with Gasteiger partial charge in [0.15, 0.2) is 5.16 Å². The Labute approximate surface area is 256 Å². The van der Waals surface area contributed by atoms with Gasteiger partial charge in [-0.05, 0) is 93.5 Å². The van der Waals surface area contributed by atoms with E-state index in [0.29, 0.717) is 16.8 Å². The predicted octanol–water partition coefficient (Wildman–Crippen LogP) is 7.96. The largest absolute Gasteiger partial charge is 0.497 e. The average Bonchev–Trinajstić information content (AvgIpc) is 3.28. The number of amides is 1. The summed E-state index contributed by atoms with van der Waals surface area (Å²) in [5.74, 6) is 1.10. The van der Waals surface area contributed by atoms with Crippen LogP contribution in [-0.2, 0) is 17.6 Å². The van der Waals surface area contributed by atoms with Crippen LogP contribution in [0.3, 0.4) is 0 Å². The molecule has 5 rings (SSSR count). The lowest BCUT2D eigenvalue weighted by Crippen LogP contribution is -2.28. The highest BCUT2D eigenvalue weighted by Crippen LogP contribution is 2.43. The Morgan fingerprint density at radius 3 is 2.45 bits per heavy atom. The van der Waals surface area contributed by atoms with Crippen molar-refractivity contribution in [2.75, 3.05) is 12.4 Å².